The summed E-state index contributed by atoms with van der Waals surface area (Å²) < 4.78 is 5.11. The van der Waals surface area contributed by atoms with Crippen LogP contribution in [0.4, 0.5) is 5.69 Å². The van der Waals surface area contributed by atoms with E-state index >= 15 is 0 Å². The Morgan fingerprint density at radius 2 is 1.70 bits per heavy atom. The summed E-state index contributed by atoms with van der Waals surface area (Å²) in [5.74, 6) is -0.0548. The van der Waals surface area contributed by atoms with Crippen molar-refractivity contribution < 1.29 is 14.3 Å². The van der Waals surface area contributed by atoms with E-state index in [9.17, 15) is 9.59 Å². The highest BCUT2D eigenvalue weighted by Gasteiger charge is 2.15. The van der Waals surface area contributed by atoms with Crippen LogP contribution in [-0.4, -0.2) is 18.9 Å². The third-order valence-electron chi connectivity index (χ3n) is 3.71. The molecule has 0 aliphatic rings. The van der Waals surface area contributed by atoms with E-state index in [2.05, 4.69) is 10.6 Å². The summed E-state index contributed by atoms with van der Waals surface area (Å²) >= 11 is 1.48. The maximum absolute atomic E-state index is 12.7. The Hall–Kier alpha value is -3.38. The predicted molar refractivity (Wildman–Crippen MR) is 108 cm³/mol. The van der Waals surface area contributed by atoms with Gasteiger partial charge >= 0.3 is 0 Å². The first-order chi connectivity index (χ1) is 13.2. The zero-order valence-corrected chi connectivity index (χ0v) is 15.5. The molecule has 3 aromatic rings. The van der Waals surface area contributed by atoms with Gasteiger partial charge in [-0.3, -0.25) is 9.59 Å². The molecule has 27 heavy (non-hydrogen) atoms. The lowest BCUT2D eigenvalue weighted by Gasteiger charge is -2.11. The molecule has 6 heteroatoms. The summed E-state index contributed by atoms with van der Waals surface area (Å²) in [6.07, 6.45) is 1.66. The zero-order chi connectivity index (χ0) is 19.1. The second-order valence-electron chi connectivity index (χ2n) is 5.58. The number of anilines is 1. The van der Waals surface area contributed by atoms with Crippen molar-refractivity contribution in [3.8, 4) is 5.75 Å². The Kier molecular flexibility index (Phi) is 6.02. The summed E-state index contributed by atoms with van der Waals surface area (Å²) in [4.78, 5) is 26.1. The fraction of sp³-hybridized carbons (Fsp3) is 0.0476. The van der Waals surface area contributed by atoms with Gasteiger partial charge in [-0.25, -0.2) is 0 Å². The minimum Gasteiger partial charge on any atom is -0.497 e. The van der Waals surface area contributed by atoms with Gasteiger partial charge in [0.2, 0.25) is 0 Å². The predicted octanol–water partition coefficient (Wildman–Crippen LogP) is 4.17. The van der Waals surface area contributed by atoms with Gasteiger partial charge in [0.15, 0.2) is 0 Å². The van der Waals surface area contributed by atoms with Crippen LogP contribution in [0.15, 0.2) is 77.8 Å². The minimum absolute atomic E-state index is 0.169. The highest BCUT2D eigenvalue weighted by molar-refractivity contribution is 7.10. The smallest absolute Gasteiger partial charge is 0.272 e. The molecule has 0 aliphatic carbocycles. The van der Waals surface area contributed by atoms with Crippen LogP contribution in [0.2, 0.25) is 0 Å². The van der Waals surface area contributed by atoms with Gasteiger partial charge in [-0.2, -0.15) is 0 Å². The molecule has 0 aliphatic heterocycles. The highest BCUT2D eigenvalue weighted by Crippen LogP contribution is 2.17. The average molecular weight is 378 g/mol. The van der Waals surface area contributed by atoms with Gasteiger partial charge in [0.05, 0.1) is 7.11 Å². The number of thiophene rings is 1. The molecule has 0 fully saturated rings. The second kappa shape index (κ2) is 8.82. The largest absolute Gasteiger partial charge is 0.497 e. The van der Waals surface area contributed by atoms with E-state index in [1.807, 2.05) is 23.6 Å². The molecule has 0 spiro atoms. The van der Waals surface area contributed by atoms with Crippen LogP contribution in [0, 0.1) is 0 Å². The fourth-order valence-electron chi connectivity index (χ4n) is 2.33. The number of hydrogen-bond donors (Lipinski definition) is 2. The summed E-state index contributed by atoms with van der Waals surface area (Å²) in [6.45, 7) is 0. The van der Waals surface area contributed by atoms with Crippen LogP contribution in [0.1, 0.15) is 15.2 Å². The van der Waals surface area contributed by atoms with Crippen LogP contribution in [-0.2, 0) is 4.79 Å². The van der Waals surface area contributed by atoms with Gasteiger partial charge < -0.3 is 15.4 Å². The highest BCUT2D eigenvalue weighted by atomic mass is 32.1. The number of carbonyl (C=O) groups is 2. The first kappa shape index (κ1) is 18.4. The average Bonchev–Trinajstić information content (AvgIpc) is 3.22. The van der Waals surface area contributed by atoms with Crippen molar-refractivity contribution in [2.75, 3.05) is 12.4 Å². The molecule has 0 unspecified atom stereocenters. The van der Waals surface area contributed by atoms with Crippen molar-refractivity contribution in [1.82, 2.24) is 5.32 Å². The number of hydrogen-bond acceptors (Lipinski definition) is 4. The van der Waals surface area contributed by atoms with Crippen LogP contribution < -0.4 is 15.4 Å². The van der Waals surface area contributed by atoms with Crippen molar-refractivity contribution in [2.45, 2.75) is 0 Å². The first-order valence-corrected chi connectivity index (χ1v) is 9.10. The van der Waals surface area contributed by atoms with E-state index in [1.54, 1.807) is 61.7 Å². The van der Waals surface area contributed by atoms with Gasteiger partial charge in [0, 0.05) is 16.1 Å². The summed E-state index contributed by atoms with van der Waals surface area (Å²) in [5.41, 5.74) is 1.25. The fourth-order valence-corrected chi connectivity index (χ4v) is 2.99. The van der Waals surface area contributed by atoms with E-state index < -0.39 is 5.91 Å². The molecule has 136 valence electrons. The summed E-state index contributed by atoms with van der Waals surface area (Å²) in [7, 11) is 1.58. The number of benzene rings is 2. The van der Waals surface area contributed by atoms with E-state index in [4.69, 9.17) is 4.74 Å². The minimum atomic E-state index is -0.405. The number of ether oxygens (including phenoxy) is 1. The Balaban J connectivity index is 1.80. The molecule has 0 saturated carbocycles. The molecule has 1 aromatic heterocycles. The van der Waals surface area contributed by atoms with Crippen LogP contribution in [0.5, 0.6) is 5.75 Å². The molecular formula is C21H18N2O3S. The van der Waals surface area contributed by atoms with Gasteiger partial charge in [-0.05, 0) is 53.9 Å². The molecule has 2 N–H and O–H groups in total. The molecule has 2 amide bonds. The number of nitrogens with one attached hydrogen (secondary N) is 2. The molecule has 0 atom stereocenters. The van der Waals surface area contributed by atoms with Crippen molar-refractivity contribution >= 4 is 34.9 Å². The SMILES string of the molecule is COc1ccc(NC(=O)C(=Cc2cccs2)NC(=O)c2ccccc2)cc1. The molecule has 2 aromatic carbocycles. The third-order valence-corrected chi connectivity index (χ3v) is 4.53. The number of amides is 2. The molecule has 5 nitrogen and oxygen atoms in total. The first-order valence-electron chi connectivity index (χ1n) is 8.23. The Morgan fingerprint density at radius 1 is 0.963 bits per heavy atom. The summed E-state index contributed by atoms with van der Waals surface area (Å²) in [5, 5.41) is 7.40. The van der Waals surface area contributed by atoms with E-state index in [-0.39, 0.29) is 11.6 Å². The summed E-state index contributed by atoms with van der Waals surface area (Å²) in [6, 6.07) is 19.5. The third kappa shape index (κ3) is 5.05. The molecule has 1 heterocycles. The molecule has 0 radical (unpaired) electrons. The molecular weight excluding hydrogens is 360 g/mol. The molecule has 0 saturated heterocycles. The van der Waals surface area contributed by atoms with Crippen LogP contribution in [0.25, 0.3) is 6.08 Å². The van der Waals surface area contributed by atoms with Crippen molar-refractivity contribution in [3.63, 3.8) is 0 Å². The van der Waals surface area contributed by atoms with Crippen molar-refractivity contribution in [1.29, 1.82) is 0 Å². The van der Waals surface area contributed by atoms with Crippen LogP contribution in [0.3, 0.4) is 0 Å². The Morgan fingerprint density at radius 3 is 2.33 bits per heavy atom. The maximum atomic E-state index is 12.7. The van der Waals surface area contributed by atoms with E-state index in [0.717, 1.165) is 4.88 Å². The van der Waals surface area contributed by atoms with Crippen molar-refractivity contribution in [2.24, 2.45) is 0 Å². The molecule has 0 bridgehead atoms. The lowest BCUT2D eigenvalue weighted by Crippen LogP contribution is -2.30. The standard InChI is InChI=1S/C21H18N2O3S/c1-26-17-11-9-16(10-12-17)22-21(25)19(14-18-8-5-13-27-18)23-20(24)15-6-3-2-4-7-15/h2-14H,1H3,(H,22,25)(H,23,24). The zero-order valence-electron chi connectivity index (χ0n) is 14.6. The molecule has 3 rings (SSSR count). The van der Waals surface area contributed by atoms with Crippen molar-refractivity contribution in [3.05, 3.63) is 88.2 Å². The van der Waals surface area contributed by atoms with Gasteiger partial charge in [0.1, 0.15) is 11.4 Å². The van der Waals surface area contributed by atoms with E-state index in [1.165, 1.54) is 11.3 Å². The van der Waals surface area contributed by atoms with Gasteiger partial charge in [-0.15, -0.1) is 11.3 Å². The normalized spacial score (nSPS) is 10.9. The lowest BCUT2D eigenvalue weighted by molar-refractivity contribution is -0.113. The van der Waals surface area contributed by atoms with Gasteiger partial charge in [0.25, 0.3) is 11.8 Å². The Bertz CT molecular complexity index is 933. The Labute approximate surface area is 161 Å². The van der Waals surface area contributed by atoms with Gasteiger partial charge in [-0.1, -0.05) is 24.3 Å². The lowest BCUT2D eigenvalue weighted by atomic mass is 10.2. The number of carbonyl (C=O) groups excluding carboxylic acids is 2. The maximum Gasteiger partial charge on any atom is 0.272 e. The van der Waals surface area contributed by atoms with E-state index in [0.29, 0.717) is 17.0 Å². The second-order valence-corrected chi connectivity index (χ2v) is 6.56. The van der Waals surface area contributed by atoms with Crippen LogP contribution >= 0.6 is 11.3 Å². The quantitative estimate of drug-likeness (QED) is 0.633. The number of rotatable bonds is 6. The topological polar surface area (TPSA) is 67.4 Å². The number of methoxy groups -OCH3 is 1. The monoisotopic (exact) mass is 378 g/mol.